The van der Waals surface area contributed by atoms with Gasteiger partial charge in [-0.25, -0.2) is 0 Å². The van der Waals surface area contributed by atoms with Gasteiger partial charge in [0.25, 0.3) is 5.91 Å². The number of hydrogen-bond donors (Lipinski definition) is 1. The van der Waals surface area contributed by atoms with Crippen molar-refractivity contribution in [3.8, 4) is 0 Å². The highest BCUT2D eigenvalue weighted by atomic mass is 127. The molecule has 18 heavy (non-hydrogen) atoms. The van der Waals surface area contributed by atoms with Gasteiger partial charge in [0, 0.05) is 16.2 Å². The van der Waals surface area contributed by atoms with Crippen molar-refractivity contribution < 1.29 is 4.79 Å². The van der Waals surface area contributed by atoms with Crippen LogP contribution in [0.25, 0.3) is 0 Å². The second-order valence-electron chi connectivity index (χ2n) is 4.13. The molecule has 0 saturated carbocycles. The molecule has 0 aliphatic rings. The third kappa shape index (κ3) is 2.55. The minimum absolute atomic E-state index is 0.106. The molecule has 4 nitrogen and oxygen atoms in total. The van der Waals surface area contributed by atoms with Crippen molar-refractivity contribution in [3.63, 3.8) is 0 Å². The minimum Gasteiger partial charge on any atom is -0.319 e. The van der Waals surface area contributed by atoms with Gasteiger partial charge in [-0.3, -0.25) is 9.48 Å². The summed E-state index contributed by atoms with van der Waals surface area (Å²) >= 11 is 2.21. The molecule has 1 N–H and O–H groups in total. The number of carbonyl (C=O) groups is 1. The number of carbonyl (C=O) groups excluding carboxylic acids is 1. The number of rotatable bonds is 2. The zero-order chi connectivity index (χ0) is 13.3. The molecular weight excluding hydrogens is 341 g/mol. The van der Waals surface area contributed by atoms with E-state index in [1.54, 1.807) is 4.68 Å². The summed E-state index contributed by atoms with van der Waals surface area (Å²) in [6.45, 7) is 3.82. The first kappa shape index (κ1) is 13.1. The Morgan fingerprint density at radius 3 is 2.39 bits per heavy atom. The molecule has 0 radical (unpaired) electrons. The van der Waals surface area contributed by atoms with Crippen LogP contribution in [0.4, 0.5) is 5.69 Å². The fourth-order valence-corrected chi connectivity index (χ4v) is 2.10. The number of benzene rings is 1. The maximum absolute atomic E-state index is 12.1. The Hall–Kier alpha value is -1.37. The zero-order valence-electron chi connectivity index (χ0n) is 10.5. The van der Waals surface area contributed by atoms with E-state index in [2.05, 4.69) is 33.0 Å². The van der Waals surface area contributed by atoms with Crippen molar-refractivity contribution >= 4 is 34.2 Å². The van der Waals surface area contributed by atoms with Gasteiger partial charge in [0.2, 0.25) is 0 Å². The van der Waals surface area contributed by atoms with Gasteiger partial charge in [0.1, 0.15) is 0 Å². The van der Waals surface area contributed by atoms with E-state index >= 15 is 0 Å². The van der Waals surface area contributed by atoms with Gasteiger partial charge in [0.05, 0.1) is 17.1 Å². The number of nitrogens with one attached hydrogen (secondary N) is 1. The topological polar surface area (TPSA) is 46.9 Å². The van der Waals surface area contributed by atoms with Gasteiger partial charge in [-0.05, 0) is 60.7 Å². The highest BCUT2D eigenvalue weighted by molar-refractivity contribution is 14.1. The van der Waals surface area contributed by atoms with Gasteiger partial charge in [0.15, 0.2) is 0 Å². The van der Waals surface area contributed by atoms with Crippen molar-refractivity contribution in [2.24, 2.45) is 7.05 Å². The highest BCUT2D eigenvalue weighted by Gasteiger charge is 2.13. The summed E-state index contributed by atoms with van der Waals surface area (Å²) in [5.74, 6) is -0.106. The largest absolute Gasteiger partial charge is 0.319 e. The molecule has 5 heteroatoms. The van der Waals surface area contributed by atoms with Crippen LogP contribution < -0.4 is 5.32 Å². The summed E-state index contributed by atoms with van der Waals surface area (Å²) in [7, 11) is 1.86. The molecule has 0 atom stereocenters. The number of nitrogens with zero attached hydrogens (tertiary/aromatic N) is 2. The summed E-state index contributed by atoms with van der Waals surface area (Å²) in [5.41, 5.74) is 3.22. The van der Waals surface area contributed by atoms with Crippen LogP contribution in [-0.2, 0) is 7.05 Å². The third-order valence-corrected chi connectivity index (χ3v) is 3.57. The van der Waals surface area contributed by atoms with Gasteiger partial charge in [-0.1, -0.05) is 0 Å². The van der Waals surface area contributed by atoms with Crippen molar-refractivity contribution in [3.05, 3.63) is 44.8 Å². The van der Waals surface area contributed by atoms with E-state index in [0.29, 0.717) is 5.56 Å². The molecule has 2 aromatic rings. The number of amides is 1. The number of aryl methyl sites for hydroxylation is 2. The Labute approximate surface area is 120 Å². The van der Waals surface area contributed by atoms with Crippen LogP contribution >= 0.6 is 22.6 Å². The van der Waals surface area contributed by atoms with Crippen LogP contribution in [0.2, 0.25) is 0 Å². The van der Waals surface area contributed by atoms with Crippen LogP contribution in [0.1, 0.15) is 21.7 Å². The molecule has 0 aliphatic carbocycles. The van der Waals surface area contributed by atoms with E-state index in [1.165, 1.54) is 0 Å². The second-order valence-corrected chi connectivity index (χ2v) is 5.38. The summed E-state index contributed by atoms with van der Waals surface area (Å²) in [5, 5.41) is 7.18. The molecule has 0 fully saturated rings. The molecule has 1 heterocycles. The predicted molar refractivity (Wildman–Crippen MR) is 79.8 cm³/mol. The Kier molecular flexibility index (Phi) is 3.70. The molecule has 0 bridgehead atoms. The van der Waals surface area contributed by atoms with Crippen molar-refractivity contribution in [1.82, 2.24) is 9.78 Å². The average molecular weight is 355 g/mol. The summed E-state index contributed by atoms with van der Waals surface area (Å²) in [4.78, 5) is 12.1. The van der Waals surface area contributed by atoms with Crippen molar-refractivity contribution in [2.45, 2.75) is 13.8 Å². The number of anilines is 1. The predicted octanol–water partition coefficient (Wildman–Crippen LogP) is 2.89. The Morgan fingerprint density at radius 2 is 1.89 bits per heavy atom. The number of hydrogen-bond acceptors (Lipinski definition) is 2. The highest BCUT2D eigenvalue weighted by Crippen LogP contribution is 2.19. The first-order valence-electron chi connectivity index (χ1n) is 5.56. The SMILES string of the molecule is Cc1nn(C)c(C)c1NC(=O)c1ccc(I)cc1. The quantitative estimate of drug-likeness (QED) is 0.843. The molecule has 1 aromatic heterocycles. The van der Waals surface area contributed by atoms with E-state index in [0.717, 1.165) is 20.6 Å². The van der Waals surface area contributed by atoms with E-state index in [4.69, 9.17) is 0 Å². The standard InChI is InChI=1S/C13H14IN3O/c1-8-12(9(2)17(3)16-8)15-13(18)10-4-6-11(14)7-5-10/h4-7H,1-3H3,(H,15,18). The van der Waals surface area contributed by atoms with Crippen LogP contribution in [0.3, 0.4) is 0 Å². The molecular formula is C13H14IN3O. The van der Waals surface area contributed by atoms with Gasteiger partial charge < -0.3 is 5.32 Å². The molecule has 0 unspecified atom stereocenters. The van der Waals surface area contributed by atoms with Crippen molar-refractivity contribution in [1.29, 1.82) is 0 Å². The maximum atomic E-state index is 12.1. The third-order valence-electron chi connectivity index (χ3n) is 2.85. The smallest absolute Gasteiger partial charge is 0.255 e. The molecule has 1 aromatic carbocycles. The van der Waals surface area contributed by atoms with E-state index in [9.17, 15) is 4.79 Å². The molecule has 0 aliphatic heterocycles. The first-order valence-corrected chi connectivity index (χ1v) is 6.64. The lowest BCUT2D eigenvalue weighted by atomic mass is 10.2. The van der Waals surface area contributed by atoms with Gasteiger partial charge in [-0.15, -0.1) is 0 Å². The lowest BCUT2D eigenvalue weighted by Crippen LogP contribution is -2.13. The molecule has 1 amide bonds. The Bertz CT molecular complexity index is 587. The normalized spacial score (nSPS) is 10.4. The van der Waals surface area contributed by atoms with Crippen LogP contribution in [0.15, 0.2) is 24.3 Å². The lowest BCUT2D eigenvalue weighted by molar-refractivity contribution is 0.102. The Morgan fingerprint density at radius 1 is 1.28 bits per heavy atom. The van der Waals surface area contributed by atoms with Gasteiger partial charge >= 0.3 is 0 Å². The van der Waals surface area contributed by atoms with Crippen LogP contribution in [0, 0.1) is 17.4 Å². The van der Waals surface area contributed by atoms with Crippen LogP contribution in [0.5, 0.6) is 0 Å². The fourth-order valence-electron chi connectivity index (χ4n) is 1.74. The molecule has 0 saturated heterocycles. The molecule has 94 valence electrons. The summed E-state index contributed by atoms with van der Waals surface area (Å²) < 4.78 is 2.87. The summed E-state index contributed by atoms with van der Waals surface area (Å²) in [6.07, 6.45) is 0. The molecule has 2 rings (SSSR count). The van der Waals surface area contributed by atoms with Crippen molar-refractivity contribution in [2.75, 3.05) is 5.32 Å². The zero-order valence-corrected chi connectivity index (χ0v) is 12.6. The average Bonchev–Trinajstić information content (AvgIpc) is 2.57. The van der Waals surface area contributed by atoms with E-state index < -0.39 is 0 Å². The number of halogens is 1. The Balaban J connectivity index is 2.24. The minimum atomic E-state index is -0.106. The fraction of sp³-hybridized carbons (Fsp3) is 0.231. The summed E-state index contributed by atoms with van der Waals surface area (Å²) in [6, 6.07) is 7.47. The monoisotopic (exact) mass is 355 g/mol. The van der Waals surface area contributed by atoms with Crippen LogP contribution in [-0.4, -0.2) is 15.7 Å². The second kappa shape index (κ2) is 5.09. The first-order chi connectivity index (χ1) is 8.49. The van der Waals surface area contributed by atoms with E-state index in [1.807, 2.05) is 45.2 Å². The maximum Gasteiger partial charge on any atom is 0.255 e. The van der Waals surface area contributed by atoms with Gasteiger partial charge in [-0.2, -0.15) is 5.10 Å². The number of aromatic nitrogens is 2. The molecule has 0 spiro atoms. The lowest BCUT2D eigenvalue weighted by Gasteiger charge is -2.05. The van der Waals surface area contributed by atoms with E-state index in [-0.39, 0.29) is 5.91 Å².